The Morgan fingerprint density at radius 2 is 2.00 bits per heavy atom. The third-order valence-electron chi connectivity index (χ3n) is 2.93. The maximum absolute atomic E-state index is 6.00. The summed E-state index contributed by atoms with van der Waals surface area (Å²) in [6.07, 6.45) is -0.00241. The largest absolute Gasteiger partial charge is 0.483 e. The summed E-state index contributed by atoms with van der Waals surface area (Å²) in [6.45, 7) is 8.17. The molecule has 0 saturated heterocycles. The fourth-order valence-electron chi connectivity index (χ4n) is 2.00. The van der Waals surface area contributed by atoms with E-state index in [-0.39, 0.29) is 6.10 Å². The average Bonchev–Trinajstić information content (AvgIpc) is 2.83. The molecule has 92 valence electrons. The molecule has 1 atom stereocenters. The molecule has 17 heavy (non-hydrogen) atoms. The number of rotatable bonds is 4. The van der Waals surface area contributed by atoms with Crippen LogP contribution in [0.25, 0.3) is 0 Å². The van der Waals surface area contributed by atoms with Crippen LogP contribution in [0.5, 0.6) is 5.75 Å². The Balaban J connectivity index is 2.12. The topological polar surface area (TPSA) is 33.6 Å². The predicted octanol–water partition coefficient (Wildman–Crippen LogP) is 2.58. The van der Waals surface area contributed by atoms with Gasteiger partial charge in [-0.3, -0.25) is 4.99 Å². The summed E-state index contributed by atoms with van der Waals surface area (Å²) in [5, 5.41) is 3.25. The van der Waals surface area contributed by atoms with Crippen molar-refractivity contribution in [2.75, 3.05) is 13.1 Å². The number of nitrogens with one attached hydrogen (secondary N) is 1. The first kappa shape index (κ1) is 12.0. The van der Waals surface area contributed by atoms with Crippen LogP contribution in [0.3, 0.4) is 0 Å². The lowest BCUT2D eigenvalue weighted by Gasteiger charge is -2.19. The van der Waals surface area contributed by atoms with E-state index in [9.17, 15) is 0 Å². The second-order valence-electron chi connectivity index (χ2n) is 4.65. The first-order valence-corrected chi connectivity index (χ1v) is 6.22. The normalized spacial score (nSPS) is 16.6. The van der Waals surface area contributed by atoms with Gasteiger partial charge in [0.05, 0.1) is 6.54 Å². The van der Waals surface area contributed by atoms with Gasteiger partial charge in [0, 0.05) is 6.54 Å². The first-order chi connectivity index (χ1) is 8.18. The molecule has 3 heteroatoms. The van der Waals surface area contributed by atoms with E-state index in [2.05, 4.69) is 36.3 Å². The number of benzene rings is 1. The third-order valence-corrected chi connectivity index (χ3v) is 2.93. The van der Waals surface area contributed by atoms with Gasteiger partial charge in [-0.15, -0.1) is 0 Å². The third kappa shape index (κ3) is 2.78. The van der Waals surface area contributed by atoms with Gasteiger partial charge in [-0.1, -0.05) is 32.0 Å². The van der Waals surface area contributed by atoms with Crippen molar-refractivity contribution < 1.29 is 4.74 Å². The van der Waals surface area contributed by atoms with Crippen molar-refractivity contribution in [3.8, 4) is 5.75 Å². The molecule has 0 fully saturated rings. The Kier molecular flexibility index (Phi) is 3.67. The van der Waals surface area contributed by atoms with Crippen LogP contribution >= 0.6 is 0 Å². The van der Waals surface area contributed by atoms with Crippen molar-refractivity contribution in [1.29, 1.82) is 0 Å². The minimum absolute atomic E-state index is 0.00241. The SMILES string of the molecule is CC(C)c1ccccc1O[C@H](C)C1=NCCN1. The molecule has 1 N–H and O–H groups in total. The second kappa shape index (κ2) is 5.21. The van der Waals surface area contributed by atoms with Crippen molar-refractivity contribution in [2.24, 2.45) is 4.99 Å². The molecule has 1 aromatic carbocycles. The zero-order valence-electron chi connectivity index (χ0n) is 10.7. The molecule has 0 bridgehead atoms. The highest BCUT2D eigenvalue weighted by Crippen LogP contribution is 2.26. The Bertz CT molecular complexity index is 412. The van der Waals surface area contributed by atoms with Crippen LogP contribution in [0.15, 0.2) is 29.3 Å². The van der Waals surface area contributed by atoms with E-state index in [0.717, 1.165) is 24.7 Å². The van der Waals surface area contributed by atoms with Gasteiger partial charge >= 0.3 is 0 Å². The van der Waals surface area contributed by atoms with Crippen molar-refractivity contribution in [3.05, 3.63) is 29.8 Å². The lowest BCUT2D eigenvalue weighted by atomic mass is 10.0. The van der Waals surface area contributed by atoms with Crippen LogP contribution in [0.4, 0.5) is 0 Å². The molecular formula is C14H20N2O. The quantitative estimate of drug-likeness (QED) is 0.865. The van der Waals surface area contributed by atoms with Crippen LogP contribution in [-0.4, -0.2) is 25.0 Å². The molecule has 0 aliphatic carbocycles. The highest BCUT2D eigenvalue weighted by molar-refractivity contribution is 5.87. The van der Waals surface area contributed by atoms with E-state index in [4.69, 9.17) is 4.74 Å². The summed E-state index contributed by atoms with van der Waals surface area (Å²) < 4.78 is 6.00. The van der Waals surface area contributed by atoms with Crippen LogP contribution in [0.2, 0.25) is 0 Å². The maximum atomic E-state index is 6.00. The highest BCUT2D eigenvalue weighted by Gasteiger charge is 2.17. The molecule has 0 radical (unpaired) electrons. The summed E-state index contributed by atoms with van der Waals surface area (Å²) in [5.41, 5.74) is 1.25. The van der Waals surface area contributed by atoms with Crippen molar-refractivity contribution in [2.45, 2.75) is 32.8 Å². The van der Waals surface area contributed by atoms with Gasteiger partial charge < -0.3 is 10.1 Å². The molecule has 1 heterocycles. The predicted molar refractivity (Wildman–Crippen MR) is 70.9 cm³/mol. The molecule has 0 saturated carbocycles. The number of hydrogen-bond acceptors (Lipinski definition) is 3. The smallest absolute Gasteiger partial charge is 0.152 e. The molecule has 3 nitrogen and oxygen atoms in total. The van der Waals surface area contributed by atoms with Crippen molar-refractivity contribution in [1.82, 2.24) is 5.32 Å². The minimum atomic E-state index is -0.00241. The lowest BCUT2D eigenvalue weighted by Crippen LogP contribution is -2.33. The number of amidine groups is 1. The summed E-state index contributed by atoms with van der Waals surface area (Å²) in [5.74, 6) is 2.40. The summed E-state index contributed by atoms with van der Waals surface area (Å²) in [6, 6.07) is 8.22. The van der Waals surface area contributed by atoms with E-state index in [1.54, 1.807) is 0 Å². The second-order valence-corrected chi connectivity index (χ2v) is 4.65. The molecule has 0 aromatic heterocycles. The number of nitrogens with zero attached hydrogens (tertiary/aromatic N) is 1. The molecular weight excluding hydrogens is 212 g/mol. The molecule has 0 amide bonds. The summed E-state index contributed by atoms with van der Waals surface area (Å²) in [4.78, 5) is 4.39. The molecule has 2 rings (SSSR count). The Morgan fingerprint density at radius 1 is 1.24 bits per heavy atom. The van der Waals surface area contributed by atoms with Crippen molar-refractivity contribution >= 4 is 5.84 Å². The molecule has 1 aliphatic heterocycles. The van der Waals surface area contributed by atoms with Gasteiger partial charge in [-0.25, -0.2) is 0 Å². The molecule has 1 aromatic rings. The van der Waals surface area contributed by atoms with Crippen LogP contribution in [0.1, 0.15) is 32.3 Å². The minimum Gasteiger partial charge on any atom is -0.483 e. The number of ether oxygens (including phenoxy) is 1. The number of aliphatic imine (C=N–C) groups is 1. The van der Waals surface area contributed by atoms with Crippen molar-refractivity contribution in [3.63, 3.8) is 0 Å². The van der Waals surface area contributed by atoms with Crippen LogP contribution in [0, 0.1) is 0 Å². The fourth-order valence-corrected chi connectivity index (χ4v) is 2.00. The van der Waals surface area contributed by atoms with E-state index >= 15 is 0 Å². The lowest BCUT2D eigenvalue weighted by molar-refractivity contribution is 0.280. The Hall–Kier alpha value is -1.51. The van der Waals surface area contributed by atoms with Gasteiger partial charge in [0.1, 0.15) is 11.6 Å². The van der Waals surface area contributed by atoms with Gasteiger partial charge in [-0.2, -0.15) is 0 Å². The van der Waals surface area contributed by atoms with Crippen LogP contribution in [-0.2, 0) is 0 Å². The number of para-hydroxylation sites is 1. The van der Waals surface area contributed by atoms with Crippen LogP contribution < -0.4 is 10.1 Å². The fraction of sp³-hybridized carbons (Fsp3) is 0.500. The summed E-state index contributed by atoms with van der Waals surface area (Å²) in [7, 11) is 0. The van der Waals surface area contributed by atoms with E-state index in [1.807, 2.05) is 19.1 Å². The Morgan fingerprint density at radius 3 is 2.65 bits per heavy atom. The zero-order chi connectivity index (χ0) is 12.3. The average molecular weight is 232 g/mol. The zero-order valence-corrected chi connectivity index (χ0v) is 10.7. The van der Waals surface area contributed by atoms with E-state index in [0.29, 0.717) is 5.92 Å². The number of hydrogen-bond donors (Lipinski definition) is 1. The van der Waals surface area contributed by atoms with E-state index < -0.39 is 0 Å². The van der Waals surface area contributed by atoms with Gasteiger partial charge in [0.15, 0.2) is 6.10 Å². The Labute approximate surface area is 103 Å². The van der Waals surface area contributed by atoms with Gasteiger partial charge in [0.2, 0.25) is 0 Å². The van der Waals surface area contributed by atoms with E-state index in [1.165, 1.54) is 5.56 Å². The first-order valence-electron chi connectivity index (χ1n) is 6.22. The standard InChI is InChI=1S/C14H20N2O/c1-10(2)12-6-4-5-7-13(12)17-11(3)14-15-8-9-16-14/h4-7,10-11H,8-9H2,1-3H3,(H,15,16)/t11-/m1/s1. The summed E-state index contributed by atoms with van der Waals surface area (Å²) >= 11 is 0. The molecule has 0 unspecified atom stereocenters. The molecule has 1 aliphatic rings. The van der Waals surface area contributed by atoms with Gasteiger partial charge in [-0.05, 0) is 24.5 Å². The van der Waals surface area contributed by atoms with Gasteiger partial charge in [0.25, 0.3) is 0 Å². The monoisotopic (exact) mass is 232 g/mol. The highest BCUT2D eigenvalue weighted by atomic mass is 16.5. The maximum Gasteiger partial charge on any atom is 0.152 e. The molecule has 0 spiro atoms.